The van der Waals surface area contributed by atoms with Gasteiger partial charge in [0, 0.05) is 31.5 Å². The third kappa shape index (κ3) is 3.21. The first-order valence-corrected chi connectivity index (χ1v) is 17.6. The van der Waals surface area contributed by atoms with Crippen molar-refractivity contribution in [3.63, 3.8) is 0 Å². The molecular weight excluding hydrogens is 621 g/mol. The van der Waals surface area contributed by atoms with Gasteiger partial charge in [0.15, 0.2) is 0 Å². The lowest BCUT2D eigenvalue weighted by atomic mass is 10.2. The summed E-state index contributed by atoms with van der Waals surface area (Å²) in [6.07, 6.45) is 0. The predicted octanol–water partition coefficient (Wildman–Crippen LogP) is 11.6. The third-order valence-corrected chi connectivity index (χ3v) is 13.7. The molecule has 10 rings (SSSR count). The Morgan fingerprint density at radius 3 is 1.18 bits per heavy atom. The summed E-state index contributed by atoms with van der Waals surface area (Å²) >= 11 is 7.52. The van der Waals surface area contributed by atoms with Crippen LogP contribution in [0.25, 0.3) is 81.8 Å². The van der Waals surface area contributed by atoms with E-state index in [-0.39, 0.29) is 11.5 Å². The minimum absolute atomic E-state index is 0.266. The van der Waals surface area contributed by atoms with Gasteiger partial charge >= 0.3 is 0 Å². The number of hydrogen-bond donors (Lipinski definition) is 2. The zero-order chi connectivity index (χ0) is 29.4. The first-order valence-electron chi connectivity index (χ1n) is 14.3. The molecule has 6 heterocycles. The average molecular weight is 643 g/mol. The first kappa shape index (κ1) is 25.0. The molecule has 4 aromatic carbocycles. The number of phenols is 2. The highest BCUT2D eigenvalue weighted by Gasteiger charge is 2.28. The van der Waals surface area contributed by atoms with Crippen molar-refractivity contribution in [1.29, 1.82) is 0 Å². The summed E-state index contributed by atoms with van der Waals surface area (Å²) in [5.74, 6) is 0.531. The number of fused-ring (bicyclic) bond motifs is 13. The largest absolute Gasteiger partial charge is 0.508 e. The molecule has 0 spiro atoms. The first-order chi connectivity index (χ1) is 21.4. The number of aromatic nitrogens is 2. The van der Waals surface area contributed by atoms with Crippen molar-refractivity contribution in [2.75, 3.05) is 0 Å². The highest BCUT2D eigenvalue weighted by molar-refractivity contribution is 7.41. The topological polar surface area (TPSA) is 50.3 Å². The van der Waals surface area contributed by atoms with Crippen LogP contribution in [0.3, 0.4) is 0 Å². The monoisotopic (exact) mass is 642 g/mol. The highest BCUT2D eigenvalue weighted by atomic mass is 32.1. The maximum absolute atomic E-state index is 10.2. The number of phenolic OH excluding ortho intramolecular Hbond substituents is 2. The maximum Gasteiger partial charge on any atom is 0.115 e. The van der Waals surface area contributed by atoms with E-state index < -0.39 is 0 Å². The Bertz CT molecular complexity index is 2610. The van der Waals surface area contributed by atoms with Gasteiger partial charge in [0.05, 0.1) is 50.3 Å². The molecule has 0 unspecified atom stereocenters. The van der Waals surface area contributed by atoms with Crippen LogP contribution in [-0.4, -0.2) is 19.3 Å². The van der Waals surface area contributed by atoms with Crippen LogP contribution in [0.2, 0.25) is 0 Å². The molecule has 0 bridgehead atoms. The molecule has 0 amide bonds. The summed E-state index contributed by atoms with van der Waals surface area (Å²) in [5.41, 5.74) is 9.57. The Balaban J connectivity index is 1.42. The van der Waals surface area contributed by atoms with Crippen LogP contribution in [-0.2, 0) is 0 Å². The zero-order valence-corrected chi connectivity index (χ0v) is 26.8. The Kier molecular flexibility index (Phi) is 4.92. The van der Waals surface area contributed by atoms with E-state index in [2.05, 4.69) is 59.4 Å². The molecule has 0 radical (unpaired) electrons. The molecule has 10 aromatic rings. The lowest BCUT2D eigenvalue weighted by Gasteiger charge is -2.08. The van der Waals surface area contributed by atoms with Crippen molar-refractivity contribution in [1.82, 2.24) is 9.13 Å². The van der Waals surface area contributed by atoms with E-state index in [9.17, 15) is 10.2 Å². The van der Waals surface area contributed by atoms with Crippen molar-refractivity contribution in [3.8, 4) is 22.9 Å². The van der Waals surface area contributed by atoms with Gasteiger partial charge in [0.25, 0.3) is 0 Å². The maximum atomic E-state index is 10.2. The number of benzene rings is 4. The van der Waals surface area contributed by atoms with E-state index in [1.165, 1.54) is 81.6 Å². The van der Waals surface area contributed by atoms with Gasteiger partial charge in [-0.1, -0.05) is 24.3 Å². The predicted molar refractivity (Wildman–Crippen MR) is 192 cm³/mol. The summed E-state index contributed by atoms with van der Waals surface area (Å²) in [4.78, 5) is 0. The van der Waals surface area contributed by atoms with Crippen LogP contribution < -0.4 is 0 Å². The number of hydrogen-bond acceptors (Lipinski definition) is 6. The molecule has 0 saturated carbocycles. The molecule has 0 atom stereocenters. The van der Waals surface area contributed by atoms with Crippen molar-refractivity contribution >= 4 is 116 Å². The van der Waals surface area contributed by atoms with E-state index in [0.717, 1.165) is 11.4 Å². The minimum atomic E-state index is 0.266. The smallest absolute Gasteiger partial charge is 0.115 e. The normalized spacial score (nSPS) is 12.5. The molecule has 6 aromatic heterocycles. The summed E-state index contributed by atoms with van der Waals surface area (Å²) in [6, 6.07) is 28.7. The number of rotatable bonds is 2. The molecule has 212 valence electrons. The minimum Gasteiger partial charge on any atom is -0.508 e. The summed E-state index contributed by atoms with van der Waals surface area (Å²) in [5, 5.41) is 22.8. The van der Waals surface area contributed by atoms with Gasteiger partial charge in [0.2, 0.25) is 0 Å². The molecule has 0 aliphatic carbocycles. The van der Waals surface area contributed by atoms with Gasteiger partial charge in [0.1, 0.15) is 11.5 Å². The molecule has 44 heavy (non-hydrogen) atoms. The van der Waals surface area contributed by atoms with Crippen LogP contribution in [0.15, 0.2) is 84.9 Å². The van der Waals surface area contributed by atoms with Crippen molar-refractivity contribution in [3.05, 3.63) is 96.1 Å². The molecular formula is C36H22N2O2S4. The van der Waals surface area contributed by atoms with E-state index in [1.54, 1.807) is 24.3 Å². The SMILES string of the molecule is Cc1ccc2c(c1)sc1c3sc4c(sc5c6sc7cc(C)ccc7c6n(-c6ccc(O)cc6)c54)c3n(-c3ccc(O)cc3)c21. The van der Waals surface area contributed by atoms with Crippen LogP contribution in [0, 0.1) is 13.8 Å². The third-order valence-electron chi connectivity index (χ3n) is 8.64. The van der Waals surface area contributed by atoms with Crippen LogP contribution >= 0.6 is 45.3 Å². The van der Waals surface area contributed by atoms with Crippen molar-refractivity contribution < 1.29 is 10.2 Å². The molecule has 0 aliphatic heterocycles. The summed E-state index contributed by atoms with van der Waals surface area (Å²) in [6.45, 7) is 4.30. The molecule has 8 heteroatoms. The molecule has 0 fully saturated rings. The fourth-order valence-corrected chi connectivity index (χ4v) is 12.4. The van der Waals surface area contributed by atoms with Crippen LogP contribution in [0.5, 0.6) is 11.5 Å². The quantitative estimate of drug-likeness (QED) is 0.197. The molecule has 0 saturated heterocycles. The lowest BCUT2D eigenvalue weighted by Crippen LogP contribution is -1.93. The summed E-state index contributed by atoms with van der Waals surface area (Å²) in [7, 11) is 0. The van der Waals surface area contributed by atoms with Gasteiger partial charge in [-0.25, -0.2) is 0 Å². The van der Waals surface area contributed by atoms with E-state index >= 15 is 0 Å². The molecule has 2 N–H and O–H groups in total. The van der Waals surface area contributed by atoms with Gasteiger partial charge < -0.3 is 19.3 Å². The Labute approximate surface area is 266 Å². The molecule has 4 nitrogen and oxygen atoms in total. The van der Waals surface area contributed by atoms with E-state index in [0.29, 0.717) is 0 Å². The number of aromatic hydroxyl groups is 2. The van der Waals surface area contributed by atoms with Gasteiger partial charge in [-0.3, -0.25) is 0 Å². The summed E-state index contributed by atoms with van der Waals surface area (Å²) < 4.78 is 15.2. The molecule has 0 aliphatic rings. The van der Waals surface area contributed by atoms with E-state index in [4.69, 9.17) is 0 Å². The number of thiophene rings is 4. The average Bonchev–Trinajstić information content (AvgIpc) is 3.82. The van der Waals surface area contributed by atoms with Crippen molar-refractivity contribution in [2.45, 2.75) is 13.8 Å². The van der Waals surface area contributed by atoms with Gasteiger partial charge in [-0.05, 0) is 85.6 Å². The number of aryl methyl sites for hydroxylation is 2. The fraction of sp³-hybridized carbons (Fsp3) is 0.0556. The lowest BCUT2D eigenvalue weighted by molar-refractivity contribution is 0.474. The second-order valence-corrected chi connectivity index (χ2v) is 15.6. The highest BCUT2D eigenvalue weighted by Crippen LogP contribution is 2.55. The van der Waals surface area contributed by atoms with Gasteiger partial charge in [-0.15, -0.1) is 45.3 Å². The van der Waals surface area contributed by atoms with E-state index in [1.807, 2.05) is 69.6 Å². The Morgan fingerprint density at radius 1 is 0.432 bits per heavy atom. The standard InChI is InChI=1S/C36H22N2O2S4/c1-17-3-13-23-25(15-17)41-31-27(23)37(19-5-9-21(39)10-6-19)29-33(31)43-36-30-34(44-35(29)36)32-28(24-14-4-18(2)16-26(24)42-32)38(30)20-7-11-22(40)12-8-20/h3-16,39-40H,1-2H3. The Hall–Kier alpha value is -4.34. The van der Waals surface area contributed by atoms with Crippen LogP contribution in [0.1, 0.15) is 11.1 Å². The number of nitrogens with zero attached hydrogens (tertiary/aromatic N) is 2. The second kappa shape index (κ2) is 8.64. The second-order valence-electron chi connectivity index (χ2n) is 11.5. The Morgan fingerprint density at radius 2 is 0.795 bits per heavy atom. The zero-order valence-electron chi connectivity index (χ0n) is 23.5. The fourth-order valence-electron chi connectivity index (χ4n) is 6.70. The van der Waals surface area contributed by atoms with Crippen LogP contribution in [0.4, 0.5) is 0 Å². The van der Waals surface area contributed by atoms with Gasteiger partial charge in [-0.2, -0.15) is 0 Å². The van der Waals surface area contributed by atoms with Crippen molar-refractivity contribution in [2.24, 2.45) is 0 Å².